The first-order valence-corrected chi connectivity index (χ1v) is 4.23. The molecule has 0 unspecified atom stereocenters. The Morgan fingerprint density at radius 3 is 2.92 bits per heavy atom. The minimum absolute atomic E-state index is 0.114. The number of nitrogens with one attached hydrogen (secondary N) is 1. The predicted octanol–water partition coefficient (Wildman–Crippen LogP) is 1.61. The van der Waals surface area contributed by atoms with E-state index in [4.69, 9.17) is 5.73 Å². The number of anilines is 1. The Balaban J connectivity index is 2.55. The minimum atomic E-state index is 0.114. The molecule has 0 fully saturated rings. The van der Waals surface area contributed by atoms with Gasteiger partial charge in [-0.2, -0.15) is 0 Å². The Bertz CT molecular complexity index is 316. The van der Waals surface area contributed by atoms with Gasteiger partial charge in [0.25, 0.3) is 0 Å². The first-order chi connectivity index (χ1) is 5.59. The second-order valence-electron chi connectivity index (χ2n) is 3.90. The molecule has 1 aliphatic rings. The second-order valence-corrected chi connectivity index (χ2v) is 3.90. The van der Waals surface area contributed by atoms with E-state index in [-0.39, 0.29) is 5.54 Å². The number of nitrogens with two attached hydrogens (primary N) is 1. The van der Waals surface area contributed by atoms with E-state index in [1.807, 2.05) is 6.07 Å². The molecule has 0 saturated carbocycles. The van der Waals surface area contributed by atoms with E-state index in [1.165, 1.54) is 11.1 Å². The molecule has 1 aliphatic heterocycles. The lowest BCUT2D eigenvalue weighted by Crippen LogP contribution is -2.28. The van der Waals surface area contributed by atoms with Crippen LogP contribution in [-0.4, -0.2) is 0 Å². The summed E-state index contributed by atoms with van der Waals surface area (Å²) < 4.78 is 0. The van der Waals surface area contributed by atoms with E-state index < -0.39 is 0 Å². The number of fused-ring (bicyclic) bond motifs is 1. The summed E-state index contributed by atoms with van der Waals surface area (Å²) in [4.78, 5) is 0. The number of benzene rings is 1. The SMILES string of the molecule is CC1(C)NCc2cc(N)ccc21. The van der Waals surface area contributed by atoms with Crippen molar-refractivity contribution in [3.05, 3.63) is 29.3 Å². The molecule has 1 aromatic carbocycles. The van der Waals surface area contributed by atoms with Gasteiger partial charge in [-0.05, 0) is 37.1 Å². The zero-order valence-corrected chi connectivity index (χ0v) is 7.52. The fourth-order valence-corrected chi connectivity index (χ4v) is 1.78. The van der Waals surface area contributed by atoms with Gasteiger partial charge >= 0.3 is 0 Å². The third-order valence-corrected chi connectivity index (χ3v) is 2.52. The molecule has 1 heterocycles. The molecule has 0 amide bonds. The van der Waals surface area contributed by atoms with Crippen molar-refractivity contribution in [1.82, 2.24) is 5.32 Å². The lowest BCUT2D eigenvalue weighted by atomic mass is 9.94. The highest BCUT2D eigenvalue weighted by atomic mass is 15.0. The van der Waals surface area contributed by atoms with E-state index in [0.717, 1.165) is 12.2 Å². The van der Waals surface area contributed by atoms with Crippen molar-refractivity contribution in [2.24, 2.45) is 0 Å². The molecule has 0 atom stereocenters. The summed E-state index contributed by atoms with van der Waals surface area (Å²) in [5.74, 6) is 0. The molecule has 0 radical (unpaired) electrons. The topological polar surface area (TPSA) is 38.0 Å². The molecule has 0 aliphatic carbocycles. The quantitative estimate of drug-likeness (QED) is 0.569. The van der Waals surface area contributed by atoms with Crippen LogP contribution in [0.3, 0.4) is 0 Å². The van der Waals surface area contributed by atoms with Crippen LogP contribution in [0.1, 0.15) is 25.0 Å². The van der Waals surface area contributed by atoms with E-state index in [2.05, 4.69) is 31.3 Å². The van der Waals surface area contributed by atoms with Gasteiger partial charge in [0.15, 0.2) is 0 Å². The average Bonchev–Trinajstić information content (AvgIpc) is 2.27. The molecule has 0 saturated heterocycles. The summed E-state index contributed by atoms with van der Waals surface area (Å²) in [6, 6.07) is 6.13. The molecule has 0 spiro atoms. The maximum absolute atomic E-state index is 5.69. The monoisotopic (exact) mass is 162 g/mol. The molecule has 2 rings (SSSR count). The first-order valence-electron chi connectivity index (χ1n) is 4.23. The van der Waals surface area contributed by atoms with Crippen molar-refractivity contribution in [2.75, 3.05) is 5.73 Å². The zero-order valence-electron chi connectivity index (χ0n) is 7.52. The van der Waals surface area contributed by atoms with Crippen LogP contribution in [0.25, 0.3) is 0 Å². The van der Waals surface area contributed by atoms with Gasteiger partial charge in [0.05, 0.1) is 0 Å². The van der Waals surface area contributed by atoms with Crippen molar-refractivity contribution in [3.8, 4) is 0 Å². The van der Waals surface area contributed by atoms with Crippen LogP contribution in [0.15, 0.2) is 18.2 Å². The molecule has 0 aromatic heterocycles. The van der Waals surface area contributed by atoms with E-state index >= 15 is 0 Å². The fourth-order valence-electron chi connectivity index (χ4n) is 1.78. The summed E-state index contributed by atoms with van der Waals surface area (Å²) in [6.45, 7) is 5.32. The number of hydrogen-bond acceptors (Lipinski definition) is 2. The molecular weight excluding hydrogens is 148 g/mol. The molecule has 0 bridgehead atoms. The summed E-state index contributed by atoms with van der Waals surface area (Å²) in [5, 5.41) is 3.43. The number of rotatable bonds is 0. The van der Waals surface area contributed by atoms with Crippen molar-refractivity contribution in [1.29, 1.82) is 0 Å². The second kappa shape index (κ2) is 2.23. The summed E-state index contributed by atoms with van der Waals surface area (Å²) in [6.07, 6.45) is 0. The lowest BCUT2D eigenvalue weighted by Gasteiger charge is -2.19. The van der Waals surface area contributed by atoms with Crippen LogP contribution in [0.2, 0.25) is 0 Å². The summed E-state index contributed by atoms with van der Waals surface area (Å²) in [5.41, 5.74) is 9.37. The highest BCUT2D eigenvalue weighted by Crippen LogP contribution is 2.31. The minimum Gasteiger partial charge on any atom is -0.399 e. The Kier molecular flexibility index (Phi) is 1.42. The van der Waals surface area contributed by atoms with Crippen LogP contribution in [0.5, 0.6) is 0 Å². The average molecular weight is 162 g/mol. The van der Waals surface area contributed by atoms with Crippen molar-refractivity contribution in [3.63, 3.8) is 0 Å². The molecule has 1 aromatic rings. The molecule has 3 N–H and O–H groups in total. The fraction of sp³-hybridized carbons (Fsp3) is 0.400. The third-order valence-electron chi connectivity index (χ3n) is 2.52. The molecule has 2 nitrogen and oxygen atoms in total. The Morgan fingerprint density at radius 1 is 1.42 bits per heavy atom. The van der Waals surface area contributed by atoms with Crippen molar-refractivity contribution < 1.29 is 0 Å². The van der Waals surface area contributed by atoms with Crippen LogP contribution in [-0.2, 0) is 12.1 Å². The maximum Gasteiger partial charge on any atom is 0.0383 e. The molecule has 12 heavy (non-hydrogen) atoms. The van der Waals surface area contributed by atoms with E-state index in [9.17, 15) is 0 Å². The molecule has 64 valence electrons. The zero-order chi connectivity index (χ0) is 8.77. The summed E-state index contributed by atoms with van der Waals surface area (Å²) in [7, 11) is 0. The highest BCUT2D eigenvalue weighted by Gasteiger charge is 2.28. The lowest BCUT2D eigenvalue weighted by molar-refractivity contribution is 0.442. The number of nitrogen functional groups attached to an aromatic ring is 1. The van der Waals surface area contributed by atoms with Crippen LogP contribution >= 0.6 is 0 Å². The molecule has 2 heteroatoms. The standard InChI is InChI=1S/C10H14N2/c1-10(2)9-4-3-8(11)5-7(9)6-12-10/h3-5,12H,6,11H2,1-2H3. The van der Waals surface area contributed by atoms with E-state index in [1.54, 1.807) is 0 Å². The normalized spacial score (nSPS) is 19.2. The Morgan fingerprint density at radius 2 is 2.17 bits per heavy atom. The van der Waals surface area contributed by atoms with Gasteiger partial charge in [-0.15, -0.1) is 0 Å². The van der Waals surface area contributed by atoms with Gasteiger partial charge in [-0.25, -0.2) is 0 Å². The van der Waals surface area contributed by atoms with Crippen molar-refractivity contribution >= 4 is 5.69 Å². The van der Waals surface area contributed by atoms with Gasteiger partial charge in [0.1, 0.15) is 0 Å². The summed E-state index contributed by atoms with van der Waals surface area (Å²) >= 11 is 0. The first kappa shape index (κ1) is 7.62. The Hall–Kier alpha value is -1.02. The Labute approximate surface area is 72.8 Å². The van der Waals surface area contributed by atoms with Crippen LogP contribution < -0.4 is 11.1 Å². The highest BCUT2D eigenvalue weighted by molar-refractivity contribution is 5.48. The largest absolute Gasteiger partial charge is 0.399 e. The van der Waals surface area contributed by atoms with Gasteiger partial charge in [-0.1, -0.05) is 6.07 Å². The maximum atomic E-state index is 5.69. The van der Waals surface area contributed by atoms with Gasteiger partial charge in [0.2, 0.25) is 0 Å². The smallest absolute Gasteiger partial charge is 0.0383 e. The van der Waals surface area contributed by atoms with Crippen molar-refractivity contribution in [2.45, 2.75) is 25.9 Å². The number of hydrogen-bond donors (Lipinski definition) is 2. The third kappa shape index (κ3) is 0.994. The molecular formula is C10H14N2. The van der Waals surface area contributed by atoms with Gasteiger partial charge in [-0.3, -0.25) is 0 Å². The van der Waals surface area contributed by atoms with Gasteiger partial charge in [0, 0.05) is 17.8 Å². The van der Waals surface area contributed by atoms with Crippen LogP contribution in [0.4, 0.5) is 5.69 Å². The van der Waals surface area contributed by atoms with Gasteiger partial charge < -0.3 is 11.1 Å². The van der Waals surface area contributed by atoms with Crippen LogP contribution in [0, 0.1) is 0 Å². The predicted molar refractivity (Wildman–Crippen MR) is 50.7 cm³/mol. The van der Waals surface area contributed by atoms with E-state index in [0.29, 0.717) is 0 Å².